The molecule has 1 fully saturated rings. The van der Waals surface area contributed by atoms with E-state index in [1.165, 1.54) is 23.7 Å². The monoisotopic (exact) mass is 359 g/mol. The van der Waals surface area contributed by atoms with Crippen molar-refractivity contribution in [1.29, 1.82) is 0 Å². The molecule has 1 amide bonds. The van der Waals surface area contributed by atoms with Gasteiger partial charge in [0.25, 0.3) is 5.91 Å². The molecule has 1 aliphatic heterocycles. The van der Waals surface area contributed by atoms with Gasteiger partial charge < -0.3 is 9.64 Å². The maximum Gasteiger partial charge on any atom is 0.316 e. The molecular formula is C17H14ClN3O2S. The number of nitrogens with zero attached hydrogens (tertiary/aromatic N) is 3. The first-order valence-electron chi connectivity index (χ1n) is 7.61. The molecular weight excluding hydrogens is 346 g/mol. The predicted molar refractivity (Wildman–Crippen MR) is 93.8 cm³/mol. The quantitative estimate of drug-likeness (QED) is 0.716. The van der Waals surface area contributed by atoms with Crippen molar-refractivity contribution >= 4 is 38.9 Å². The van der Waals surface area contributed by atoms with Crippen LogP contribution in [-0.2, 0) is 0 Å². The summed E-state index contributed by atoms with van der Waals surface area (Å²) < 4.78 is 6.86. The van der Waals surface area contributed by atoms with Crippen molar-refractivity contribution < 1.29 is 9.53 Å². The Labute approximate surface area is 147 Å². The van der Waals surface area contributed by atoms with Gasteiger partial charge in [-0.2, -0.15) is 0 Å². The summed E-state index contributed by atoms with van der Waals surface area (Å²) in [5.74, 6) is 0.0549. The molecule has 7 heteroatoms. The first-order valence-corrected chi connectivity index (χ1v) is 8.80. The van der Waals surface area contributed by atoms with Gasteiger partial charge in [-0.25, -0.2) is 9.97 Å². The predicted octanol–water partition coefficient (Wildman–Crippen LogP) is 3.64. The Morgan fingerprint density at radius 2 is 2.08 bits per heavy atom. The highest BCUT2D eigenvalue weighted by atomic mass is 35.5. The lowest BCUT2D eigenvalue weighted by Crippen LogP contribution is -2.30. The Kier molecular flexibility index (Phi) is 4.08. The average Bonchev–Trinajstić information content (AvgIpc) is 3.23. The second-order valence-electron chi connectivity index (χ2n) is 5.61. The lowest BCUT2D eigenvalue weighted by molar-refractivity contribution is 0.0774. The fraction of sp³-hybridized carbons (Fsp3) is 0.235. The lowest BCUT2D eigenvalue weighted by atomic mass is 10.2. The molecule has 0 bridgehead atoms. The molecule has 1 saturated heterocycles. The van der Waals surface area contributed by atoms with Crippen LogP contribution in [0.2, 0.25) is 5.02 Å². The van der Waals surface area contributed by atoms with Gasteiger partial charge in [0.1, 0.15) is 6.10 Å². The average molecular weight is 360 g/mol. The molecule has 0 unspecified atom stereocenters. The number of carbonyl (C=O) groups excluding carboxylic acids is 1. The van der Waals surface area contributed by atoms with Gasteiger partial charge in [-0.05, 0) is 17.5 Å². The van der Waals surface area contributed by atoms with E-state index < -0.39 is 0 Å². The molecule has 1 aromatic carbocycles. The van der Waals surface area contributed by atoms with E-state index in [-0.39, 0.29) is 12.0 Å². The SMILES string of the molecule is O=C(c1cc2ccccc2s1)N1CC[C@H](Oc2ncc(Cl)cn2)C1. The molecule has 0 N–H and O–H groups in total. The Bertz CT molecular complexity index is 848. The van der Waals surface area contributed by atoms with Crippen molar-refractivity contribution in [1.82, 2.24) is 14.9 Å². The number of hydrogen-bond acceptors (Lipinski definition) is 5. The lowest BCUT2D eigenvalue weighted by Gasteiger charge is -2.15. The molecule has 2 aromatic heterocycles. The minimum atomic E-state index is -0.0931. The zero-order chi connectivity index (χ0) is 16.5. The molecule has 3 heterocycles. The highest BCUT2D eigenvalue weighted by molar-refractivity contribution is 7.20. The van der Waals surface area contributed by atoms with Gasteiger partial charge in [0.05, 0.1) is 28.8 Å². The topological polar surface area (TPSA) is 55.3 Å². The number of likely N-dealkylation sites (tertiary alicyclic amines) is 1. The molecule has 5 nitrogen and oxygen atoms in total. The zero-order valence-corrected chi connectivity index (χ0v) is 14.3. The summed E-state index contributed by atoms with van der Waals surface area (Å²) in [6.45, 7) is 1.21. The number of thiophene rings is 1. The molecule has 0 saturated carbocycles. The van der Waals surface area contributed by atoms with Crippen LogP contribution in [0.5, 0.6) is 6.01 Å². The summed E-state index contributed by atoms with van der Waals surface area (Å²) in [5, 5.41) is 1.57. The third-order valence-electron chi connectivity index (χ3n) is 3.94. The Balaban J connectivity index is 1.44. The van der Waals surface area contributed by atoms with Crippen molar-refractivity contribution in [3.05, 3.63) is 52.6 Å². The molecule has 4 rings (SSSR count). The van der Waals surface area contributed by atoms with Crippen LogP contribution in [0, 0.1) is 0 Å². The van der Waals surface area contributed by atoms with Gasteiger partial charge in [-0.1, -0.05) is 29.8 Å². The number of halogens is 1. The van der Waals surface area contributed by atoms with Crippen LogP contribution < -0.4 is 4.74 Å². The van der Waals surface area contributed by atoms with Crippen LogP contribution in [0.3, 0.4) is 0 Å². The van der Waals surface area contributed by atoms with Crippen molar-refractivity contribution in [3.8, 4) is 6.01 Å². The number of amides is 1. The highest BCUT2D eigenvalue weighted by Crippen LogP contribution is 2.27. The van der Waals surface area contributed by atoms with E-state index in [0.29, 0.717) is 24.1 Å². The Morgan fingerprint density at radius 3 is 2.88 bits per heavy atom. The van der Waals surface area contributed by atoms with E-state index in [1.807, 2.05) is 35.2 Å². The van der Waals surface area contributed by atoms with Crippen LogP contribution in [0.1, 0.15) is 16.1 Å². The maximum absolute atomic E-state index is 12.7. The zero-order valence-electron chi connectivity index (χ0n) is 12.7. The van der Waals surface area contributed by atoms with Gasteiger partial charge in [0, 0.05) is 17.7 Å². The molecule has 0 radical (unpaired) electrons. The molecule has 3 aromatic rings. The molecule has 0 aliphatic carbocycles. The Morgan fingerprint density at radius 1 is 1.29 bits per heavy atom. The van der Waals surface area contributed by atoms with E-state index in [0.717, 1.165) is 21.4 Å². The summed E-state index contributed by atoms with van der Waals surface area (Å²) >= 11 is 7.29. The molecule has 1 atom stereocenters. The minimum Gasteiger partial charge on any atom is -0.458 e. The molecule has 0 spiro atoms. The highest BCUT2D eigenvalue weighted by Gasteiger charge is 2.29. The minimum absolute atomic E-state index is 0.0549. The number of fused-ring (bicyclic) bond motifs is 1. The first kappa shape index (κ1) is 15.4. The van der Waals surface area contributed by atoms with E-state index in [2.05, 4.69) is 9.97 Å². The van der Waals surface area contributed by atoms with Gasteiger partial charge >= 0.3 is 6.01 Å². The number of carbonyl (C=O) groups is 1. The van der Waals surface area contributed by atoms with Gasteiger partial charge in [0.2, 0.25) is 0 Å². The smallest absolute Gasteiger partial charge is 0.316 e. The van der Waals surface area contributed by atoms with Crippen molar-refractivity contribution in [2.24, 2.45) is 0 Å². The summed E-state index contributed by atoms with van der Waals surface area (Å²) in [6.07, 6.45) is 3.67. The molecule has 1 aliphatic rings. The third kappa shape index (κ3) is 3.07. The van der Waals surface area contributed by atoms with E-state index in [1.54, 1.807) is 0 Å². The van der Waals surface area contributed by atoms with Gasteiger partial charge in [0.15, 0.2) is 0 Å². The second kappa shape index (κ2) is 6.37. The fourth-order valence-corrected chi connectivity index (χ4v) is 3.89. The summed E-state index contributed by atoms with van der Waals surface area (Å²) in [7, 11) is 0. The summed E-state index contributed by atoms with van der Waals surface area (Å²) in [5.41, 5.74) is 0. The number of ether oxygens (including phenoxy) is 1. The second-order valence-corrected chi connectivity index (χ2v) is 7.13. The maximum atomic E-state index is 12.7. The summed E-state index contributed by atoms with van der Waals surface area (Å²) in [4.78, 5) is 23.3. The number of aromatic nitrogens is 2. The summed E-state index contributed by atoms with van der Waals surface area (Å²) in [6, 6.07) is 10.3. The molecule has 24 heavy (non-hydrogen) atoms. The number of benzene rings is 1. The van der Waals surface area contributed by atoms with Gasteiger partial charge in [-0.15, -0.1) is 11.3 Å². The fourth-order valence-electron chi connectivity index (χ4n) is 2.76. The van der Waals surface area contributed by atoms with Crippen molar-refractivity contribution in [3.63, 3.8) is 0 Å². The van der Waals surface area contributed by atoms with E-state index >= 15 is 0 Å². The van der Waals surface area contributed by atoms with Crippen molar-refractivity contribution in [2.75, 3.05) is 13.1 Å². The van der Waals surface area contributed by atoms with Crippen LogP contribution in [-0.4, -0.2) is 40.0 Å². The standard InChI is InChI=1S/C17H14ClN3O2S/c18-12-8-19-17(20-9-12)23-13-5-6-21(10-13)16(22)15-7-11-3-1-2-4-14(11)24-15/h1-4,7-9,13H,5-6,10H2/t13-/m0/s1. The third-order valence-corrected chi connectivity index (χ3v) is 5.24. The number of hydrogen-bond donors (Lipinski definition) is 0. The first-order chi connectivity index (χ1) is 11.7. The molecule has 122 valence electrons. The van der Waals surface area contributed by atoms with Crippen LogP contribution in [0.15, 0.2) is 42.7 Å². The van der Waals surface area contributed by atoms with E-state index in [4.69, 9.17) is 16.3 Å². The number of rotatable bonds is 3. The van der Waals surface area contributed by atoms with E-state index in [9.17, 15) is 4.79 Å². The van der Waals surface area contributed by atoms with Gasteiger partial charge in [-0.3, -0.25) is 4.79 Å². The van der Waals surface area contributed by atoms with Crippen LogP contribution in [0.4, 0.5) is 0 Å². The Hall–Kier alpha value is -2.18. The largest absolute Gasteiger partial charge is 0.458 e. The normalized spacial score (nSPS) is 17.4. The van der Waals surface area contributed by atoms with Crippen molar-refractivity contribution in [2.45, 2.75) is 12.5 Å². The van der Waals surface area contributed by atoms with Crippen LogP contribution >= 0.6 is 22.9 Å². The van der Waals surface area contributed by atoms with Crippen LogP contribution in [0.25, 0.3) is 10.1 Å².